The van der Waals surface area contributed by atoms with Crippen LogP contribution in [-0.2, 0) is 6.54 Å². The summed E-state index contributed by atoms with van der Waals surface area (Å²) in [5.74, 6) is 0.613. The van der Waals surface area contributed by atoms with E-state index in [1.807, 2.05) is 4.90 Å². The topological polar surface area (TPSA) is 38.8 Å². The van der Waals surface area contributed by atoms with Gasteiger partial charge in [-0.05, 0) is 50.3 Å². The first kappa shape index (κ1) is 16.7. The number of hydrogen-bond donors (Lipinski definition) is 1. The van der Waals surface area contributed by atoms with Gasteiger partial charge in [-0.2, -0.15) is 0 Å². The summed E-state index contributed by atoms with van der Waals surface area (Å²) in [6.45, 7) is 6.88. The predicted molar refractivity (Wildman–Crippen MR) is 101 cm³/mol. The normalized spacial score (nSPS) is 27.1. The van der Waals surface area contributed by atoms with Crippen molar-refractivity contribution in [3.8, 4) is 0 Å². The second-order valence-electron chi connectivity index (χ2n) is 8.05. The highest BCUT2D eigenvalue weighted by atomic mass is 16.2. The van der Waals surface area contributed by atoms with Gasteiger partial charge in [0, 0.05) is 51.0 Å². The van der Waals surface area contributed by atoms with Crippen molar-refractivity contribution in [1.82, 2.24) is 15.1 Å². The second-order valence-corrected chi connectivity index (χ2v) is 8.05. The lowest BCUT2D eigenvalue weighted by Gasteiger charge is -2.29. The molecular formula is C20H30N4O. The predicted octanol–water partition coefficient (Wildman–Crippen LogP) is 2.52. The summed E-state index contributed by atoms with van der Waals surface area (Å²) >= 11 is 0. The lowest BCUT2D eigenvalue weighted by molar-refractivity contribution is 0.176. The van der Waals surface area contributed by atoms with Crippen LogP contribution >= 0.6 is 0 Å². The van der Waals surface area contributed by atoms with Gasteiger partial charge in [0.1, 0.15) is 0 Å². The molecule has 0 aromatic heterocycles. The van der Waals surface area contributed by atoms with Crippen molar-refractivity contribution in [1.29, 1.82) is 0 Å². The average molecular weight is 342 g/mol. The van der Waals surface area contributed by atoms with Gasteiger partial charge in [0.25, 0.3) is 0 Å². The van der Waals surface area contributed by atoms with Crippen molar-refractivity contribution < 1.29 is 4.79 Å². The summed E-state index contributed by atoms with van der Waals surface area (Å²) in [6, 6.07) is 9.54. The van der Waals surface area contributed by atoms with Gasteiger partial charge in [-0.1, -0.05) is 18.2 Å². The number of carbonyl (C=O) groups is 1. The average Bonchev–Trinajstić information content (AvgIpc) is 3.37. The molecule has 25 heavy (non-hydrogen) atoms. The molecule has 2 amide bonds. The standard InChI is InChI=1S/C20H30N4O/c1-15-12-22(2)19-6-4-3-5-17(19)14-24(15)20(25)21-11-16-9-10-23(13-16)18-7-8-18/h3-6,15-16,18H,7-14H2,1-2H3,(H,21,25). The molecule has 1 saturated carbocycles. The minimum Gasteiger partial charge on any atom is -0.372 e. The Hall–Kier alpha value is -1.75. The Morgan fingerprint density at radius 1 is 1.20 bits per heavy atom. The molecule has 1 aromatic carbocycles. The molecule has 2 unspecified atom stereocenters. The Kier molecular flexibility index (Phi) is 4.59. The van der Waals surface area contributed by atoms with E-state index in [0.29, 0.717) is 12.5 Å². The number of benzene rings is 1. The number of hydrogen-bond acceptors (Lipinski definition) is 3. The number of amides is 2. The first-order valence-electron chi connectivity index (χ1n) is 9.69. The Morgan fingerprint density at radius 2 is 2.00 bits per heavy atom. The Balaban J connectivity index is 1.36. The fourth-order valence-corrected chi connectivity index (χ4v) is 4.36. The number of anilines is 1. The van der Waals surface area contributed by atoms with Gasteiger partial charge in [-0.3, -0.25) is 0 Å². The molecule has 5 heteroatoms. The molecule has 0 radical (unpaired) electrons. The molecule has 2 aliphatic heterocycles. The van der Waals surface area contributed by atoms with Crippen LogP contribution in [0.2, 0.25) is 0 Å². The van der Waals surface area contributed by atoms with Gasteiger partial charge < -0.3 is 20.0 Å². The Morgan fingerprint density at radius 3 is 2.80 bits per heavy atom. The molecule has 2 fully saturated rings. The molecule has 136 valence electrons. The zero-order valence-electron chi connectivity index (χ0n) is 15.4. The van der Waals surface area contributed by atoms with E-state index in [2.05, 4.69) is 53.4 Å². The molecule has 1 aliphatic carbocycles. The zero-order chi connectivity index (χ0) is 17.4. The Bertz CT molecular complexity index is 630. The number of rotatable bonds is 3. The highest BCUT2D eigenvalue weighted by Crippen LogP contribution is 2.31. The van der Waals surface area contributed by atoms with E-state index in [4.69, 9.17) is 0 Å². The van der Waals surface area contributed by atoms with Gasteiger partial charge in [0.2, 0.25) is 0 Å². The summed E-state index contributed by atoms with van der Waals surface area (Å²) in [5, 5.41) is 3.22. The Labute approximate surface area is 151 Å². The number of carbonyl (C=O) groups excluding carboxylic acids is 1. The fourth-order valence-electron chi connectivity index (χ4n) is 4.36. The lowest BCUT2D eigenvalue weighted by Crippen LogP contribution is -2.48. The smallest absolute Gasteiger partial charge is 0.318 e. The SMILES string of the molecule is CC1CN(C)c2ccccc2CN1C(=O)NCC1CCN(C2CC2)C1. The maximum atomic E-state index is 12.8. The molecule has 2 atom stereocenters. The second kappa shape index (κ2) is 6.87. The molecule has 1 saturated heterocycles. The van der Waals surface area contributed by atoms with Crippen LogP contribution in [0, 0.1) is 5.92 Å². The summed E-state index contributed by atoms with van der Waals surface area (Å²) in [7, 11) is 2.11. The van der Waals surface area contributed by atoms with Gasteiger partial charge >= 0.3 is 6.03 Å². The molecule has 5 nitrogen and oxygen atoms in total. The third-order valence-corrected chi connectivity index (χ3v) is 6.00. The van der Waals surface area contributed by atoms with Gasteiger partial charge in [-0.15, -0.1) is 0 Å². The third-order valence-electron chi connectivity index (χ3n) is 6.00. The van der Waals surface area contributed by atoms with Gasteiger partial charge in [-0.25, -0.2) is 4.79 Å². The number of likely N-dealkylation sites (N-methyl/N-ethyl adjacent to an activating group) is 1. The van der Waals surface area contributed by atoms with E-state index in [0.717, 1.165) is 25.7 Å². The highest BCUT2D eigenvalue weighted by molar-refractivity contribution is 5.75. The minimum atomic E-state index is 0.0856. The van der Waals surface area contributed by atoms with E-state index in [-0.39, 0.29) is 12.1 Å². The van der Waals surface area contributed by atoms with Crippen LogP contribution < -0.4 is 10.2 Å². The van der Waals surface area contributed by atoms with E-state index in [1.165, 1.54) is 37.1 Å². The minimum absolute atomic E-state index is 0.0856. The van der Waals surface area contributed by atoms with Crippen molar-refractivity contribution in [2.75, 3.05) is 38.1 Å². The van der Waals surface area contributed by atoms with Crippen LogP contribution in [0.4, 0.5) is 10.5 Å². The van der Waals surface area contributed by atoms with E-state index >= 15 is 0 Å². The molecule has 4 rings (SSSR count). The highest BCUT2D eigenvalue weighted by Gasteiger charge is 2.34. The van der Waals surface area contributed by atoms with Crippen molar-refractivity contribution in [3.05, 3.63) is 29.8 Å². The largest absolute Gasteiger partial charge is 0.372 e. The van der Waals surface area contributed by atoms with E-state index in [9.17, 15) is 4.79 Å². The maximum Gasteiger partial charge on any atom is 0.318 e. The van der Waals surface area contributed by atoms with Crippen molar-refractivity contribution in [2.45, 2.75) is 44.8 Å². The van der Waals surface area contributed by atoms with Crippen LogP contribution in [0.3, 0.4) is 0 Å². The monoisotopic (exact) mass is 342 g/mol. The first-order chi connectivity index (χ1) is 12.1. The van der Waals surface area contributed by atoms with E-state index in [1.54, 1.807) is 0 Å². The van der Waals surface area contributed by atoms with Crippen molar-refractivity contribution >= 4 is 11.7 Å². The van der Waals surface area contributed by atoms with Crippen LogP contribution in [-0.4, -0.2) is 61.1 Å². The number of para-hydroxylation sites is 1. The summed E-state index contributed by atoms with van der Waals surface area (Å²) in [5.41, 5.74) is 2.46. The van der Waals surface area contributed by atoms with E-state index < -0.39 is 0 Å². The fraction of sp³-hybridized carbons (Fsp3) is 0.650. The molecule has 3 aliphatic rings. The van der Waals surface area contributed by atoms with Crippen LogP contribution in [0.15, 0.2) is 24.3 Å². The van der Waals surface area contributed by atoms with Crippen molar-refractivity contribution in [2.24, 2.45) is 5.92 Å². The van der Waals surface area contributed by atoms with Gasteiger partial charge in [0.15, 0.2) is 0 Å². The quantitative estimate of drug-likeness (QED) is 0.917. The third kappa shape index (κ3) is 3.61. The number of nitrogens with zero attached hydrogens (tertiary/aromatic N) is 3. The summed E-state index contributed by atoms with van der Waals surface area (Å²) < 4.78 is 0. The molecule has 1 N–H and O–H groups in total. The maximum absolute atomic E-state index is 12.8. The number of urea groups is 1. The van der Waals surface area contributed by atoms with Crippen LogP contribution in [0.25, 0.3) is 0 Å². The summed E-state index contributed by atoms with van der Waals surface area (Å²) in [4.78, 5) is 19.7. The molecule has 0 spiro atoms. The van der Waals surface area contributed by atoms with Gasteiger partial charge in [0.05, 0.1) is 0 Å². The molecular weight excluding hydrogens is 312 g/mol. The van der Waals surface area contributed by atoms with Crippen molar-refractivity contribution in [3.63, 3.8) is 0 Å². The number of fused-ring (bicyclic) bond motifs is 1. The molecule has 0 bridgehead atoms. The number of likely N-dealkylation sites (tertiary alicyclic amines) is 1. The molecule has 1 aromatic rings. The first-order valence-corrected chi connectivity index (χ1v) is 9.69. The van der Waals surface area contributed by atoms with Crippen LogP contribution in [0.5, 0.6) is 0 Å². The number of nitrogens with one attached hydrogen (secondary N) is 1. The lowest BCUT2D eigenvalue weighted by atomic mass is 10.1. The van der Waals surface area contributed by atoms with Crippen LogP contribution in [0.1, 0.15) is 31.7 Å². The zero-order valence-corrected chi connectivity index (χ0v) is 15.4. The summed E-state index contributed by atoms with van der Waals surface area (Å²) in [6.07, 6.45) is 3.96. The molecule has 2 heterocycles.